The van der Waals surface area contributed by atoms with Crippen molar-refractivity contribution in [2.75, 3.05) is 4.90 Å². The van der Waals surface area contributed by atoms with Crippen LogP contribution in [0.15, 0.2) is 164 Å². The van der Waals surface area contributed by atoms with Crippen molar-refractivity contribution in [3.05, 3.63) is 175 Å². The first-order chi connectivity index (χ1) is 21.6. The Labute approximate surface area is 259 Å². The summed E-state index contributed by atoms with van der Waals surface area (Å²) in [7, 11) is 0. The third-order valence-electron chi connectivity index (χ3n) is 9.26. The van der Waals surface area contributed by atoms with Crippen LogP contribution in [0.2, 0.25) is 0 Å². The molecule has 210 valence electrons. The van der Waals surface area contributed by atoms with E-state index in [4.69, 9.17) is 0 Å². The molecule has 1 nitrogen and oxygen atoms in total. The predicted octanol–water partition coefficient (Wildman–Crippen LogP) is 11.9. The SMILES string of the molecule is CC1(C)c2ccccc2-c2ccc3c(N(c4ccc(-c5ccccc5)cc4)c4ccc(-c5ccccc5)cc4)cccc3c21. The molecule has 8 rings (SSSR count). The van der Waals surface area contributed by atoms with E-state index >= 15 is 0 Å². The molecular formula is C43H33N. The van der Waals surface area contributed by atoms with Crippen LogP contribution in [-0.2, 0) is 5.41 Å². The number of anilines is 3. The number of fused-ring (bicyclic) bond motifs is 5. The van der Waals surface area contributed by atoms with E-state index in [0.717, 1.165) is 11.4 Å². The average molecular weight is 564 g/mol. The zero-order chi connectivity index (χ0) is 29.7. The molecular weight excluding hydrogens is 530 g/mol. The van der Waals surface area contributed by atoms with Crippen LogP contribution in [0.25, 0.3) is 44.2 Å². The summed E-state index contributed by atoms with van der Waals surface area (Å²) in [4.78, 5) is 2.41. The molecule has 7 aromatic rings. The molecule has 0 saturated heterocycles. The van der Waals surface area contributed by atoms with Crippen LogP contribution in [0.1, 0.15) is 25.0 Å². The van der Waals surface area contributed by atoms with Gasteiger partial charge in [0.15, 0.2) is 0 Å². The third-order valence-corrected chi connectivity index (χ3v) is 9.26. The minimum atomic E-state index is -0.0798. The van der Waals surface area contributed by atoms with Gasteiger partial charge in [-0.2, -0.15) is 0 Å². The van der Waals surface area contributed by atoms with Gasteiger partial charge in [0.1, 0.15) is 0 Å². The van der Waals surface area contributed by atoms with Crippen LogP contribution in [-0.4, -0.2) is 0 Å². The summed E-state index contributed by atoms with van der Waals surface area (Å²) in [5.41, 5.74) is 13.7. The number of benzene rings is 7. The Bertz CT molecular complexity index is 2020. The number of rotatable bonds is 5. The quantitative estimate of drug-likeness (QED) is 0.201. The van der Waals surface area contributed by atoms with Gasteiger partial charge < -0.3 is 4.90 Å². The predicted molar refractivity (Wildman–Crippen MR) is 187 cm³/mol. The molecule has 0 heterocycles. The molecule has 0 amide bonds. The van der Waals surface area contributed by atoms with E-state index in [0.29, 0.717) is 0 Å². The second kappa shape index (κ2) is 10.4. The molecule has 1 heteroatoms. The van der Waals surface area contributed by atoms with Crippen molar-refractivity contribution in [1.82, 2.24) is 0 Å². The molecule has 1 aliphatic rings. The van der Waals surface area contributed by atoms with E-state index < -0.39 is 0 Å². The first-order valence-electron chi connectivity index (χ1n) is 15.4. The summed E-state index contributed by atoms with van der Waals surface area (Å²) < 4.78 is 0. The Morgan fingerprint density at radius 2 is 0.909 bits per heavy atom. The first-order valence-corrected chi connectivity index (χ1v) is 15.4. The Hall–Kier alpha value is -5.40. The molecule has 0 fully saturated rings. The topological polar surface area (TPSA) is 3.24 Å². The Balaban J connectivity index is 1.31. The van der Waals surface area contributed by atoms with Crippen molar-refractivity contribution in [3.8, 4) is 33.4 Å². The Morgan fingerprint density at radius 3 is 1.50 bits per heavy atom. The molecule has 0 aromatic heterocycles. The summed E-state index contributed by atoms with van der Waals surface area (Å²) >= 11 is 0. The van der Waals surface area contributed by atoms with Crippen LogP contribution in [0.3, 0.4) is 0 Å². The fourth-order valence-electron chi connectivity index (χ4n) is 7.13. The fourth-order valence-corrected chi connectivity index (χ4v) is 7.13. The zero-order valence-corrected chi connectivity index (χ0v) is 25.0. The molecule has 0 radical (unpaired) electrons. The maximum absolute atomic E-state index is 2.41. The third kappa shape index (κ3) is 4.24. The van der Waals surface area contributed by atoms with Crippen molar-refractivity contribution in [2.24, 2.45) is 0 Å². The van der Waals surface area contributed by atoms with Gasteiger partial charge in [-0.15, -0.1) is 0 Å². The van der Waals surface area contributed by atoms with Crippen molar-refractivity contribution in [1.29, 1.82) is 0 Å². The molecule has 0 spiro atoms. The van der Waals surface area contributed by atoms with E-state index in [-0.39, 0.29) is 5.41 Å². The zero-order valence-electron chi connectivity index (χ0n) is 25.0. The van der Waals surface area contributed by atoms with Crippen molar-refractivity contribution in [3.63, 3.8) is 0 Å². The standard InChI is InChI=1S/C43H33N/c1-43(2)40-18-10-9-16-36(40)39-29-28-37-38(42(39)43)17-11-19-41(37)44(34-24-20-32(21-25-34)30-12-5-3-6-13-30)35-26-22-33(23-27-35)31-14-7-4-8-15-31/h3-29H,1-2H3. The van der Waals surface area contributed by atoms with Crippen molar-refractivity contribution < 1.29 is 0 Å². The lowest BCUT2D eigenvalue weighted by Crippen LogP contribution is -2.16. The minimum absolute atomic E-state index is 0.0798. The lowest BCUT2D eigenvalue weighted by molar-refractivity contribution is 0.666. The largest absolute Gasteiger partial charge is 0.310 e. The maximum Gasteiger partial charge on any atom is 0.0540 e. The normalized spacial score (nSPS) is 13.0. The molecule has 0 N–H and O–H groups in total. The summed E-state index contributed by atoms with van der Waals surface area (Å²) in [6.45, 7) is 4.73. The highest BCUT2D eigenvalue weighted by Gasteiger charge is 2.37. The van der Waals surface area contributed by atoms with E-state index in [1.54, 1.807) is 0 Å². The molecule has 1 aliphatic carbocycles. The van der Waals surface area contributed by atoms with Gasteiger partial charge in [-0.25, -0.2) is 0 Å². The van der Waals surface area contributed by atoms with Crippen LogP contribution in [0.4, 0.5) is 17.1 Å². The van der Waals surface area contributed by atoms with Gasteiger partial charge in [0.25, 0.3) is 0 Å². The molecule has 0 atom stereocenters. The van der Waals surface area contributed by atoms with Gasteiger partial charge in [0.2, 0.25) is 0 Å². The minimum Gasteiger partial charge on any atom is -0.310 e. The summed E-state index contributed by atoms with van der Waals surface area (Å²) in [5.74, 6) is 0. The highest BCUT2D eigenvalue weighted by atomic mass is 15.1. The van der Waals surface area contributed by atoms with Gasteiger partial charge in [0.05, 0.1) is 5.69 Å². The highest BCUT2D eigenvalue weighted by Crippen LogP contribution is 2.52. The number of hydrogen-bond donors (Lipinski definition) is 0. The molecule has 0 aliphatic heterocycles. The van der Waals surface area contributed by atoms with Crippen LogP contribution >= 0.6 is 0 Å². The van der Waals surface area contributed by atoms with Crippen molar-refractivity contribution >= 4 is 27.8 Å². The molecule has 44 heavy (non-hydrogen) atoms. The lowest BCUT2D eigenvalue weighted by atomic mass is 9.80. The molecule has 7 aromatic carbocycles. The number of nitrogens with zero attached hydrogens (tertiary/aromatic N) is 1. The molecule has 0 unspecified atom stereocenters. The fraction of sp³-hybridized carbons (Fsp3) is 0.0698. The van der Waals surface area contributed by atoms with Crippen molar-refractivity contribution in [2.45, 2.75) is 19.3 Å². The van der Waals surface area contributed by atoms with E-state index in [9.17, 15) is 0 Å². The Morgan fingerprint density at radius 1 is 0.386 bits per heavy atom. The van der Waals surface area contributed by atoms with Crippen LogP contribution in [0, 0.1) is 0 Å². The van der Waals surface area contributed by atoms with Gasteiger partial charge in [-0.1, -0.05) is 147 Å². The maximum atomic E-state index is 2.41. The summed E-state index contributed by atoms with van der Waals surface area (Å²) in [6, 6.07) is 59.5. The second-order valence-electron chi connectivity index (χ2n) is 12.2. The second-order valence-corrected chi connectivity index (χ2v) is 12.2. The molecule has 0 saturated carbocycles. The average Bonchev–Trinajstić information content (AvgIpc) is 3.33. The van der Waals surface area contributed by atoms with Gasteiger partial charge in [0, 0.05) is 22.2 Å². The smallest absolute Gasteiger partial charge is 0.0540 e. The summed E-state index contributed by atoms with van der Waals surface area (Å²) in [5, 5.41) is 2.57. The number of hydrogen-bond acceptors (Lipinski definition) is 1. The summed E-state index contributed by atoms with van der Waals surface area (Å²) in [6.07, 6.45) is 0. The van der Waals surface area contributed by atoms with Gasteiger partial charge in [-0.3, -0.25) is 0 Å². The van der Waals surface area contributed by atoms with E-state index in [2.05, 4.69) is 183 Å². The van der Waals surface area contributed by atoms with E-state index in [1.165, 1.54) is 61.0 Å². The Kier molecular flexibility index (Phi) is 6.20. The van der Waals surface area contributed by atoms with Crippen LogP contribution < -0.4 is 4.90 Å². The van der Waals surface area contributed by atoms with E-state index in [1.807, 2.05) is 0 Å². The van der Waals surface area contributed by atoms with Gasteiger partial charge >= 0.3 is 0 Å². The first kappa shape index (κ1) is 26.2. The lowest BCUT2D eigenvalue weighted by Gasteiger charge is -2.29. The monoisotopic (exact) mass is 563 g/mol. The van der Waals surface area contributed by atoms with Gasteiger partial charge in [-0.05, 0) is 80.2 Å². The molecule has 0 bridgehead atoms. The van der Waals surface area contributed by atoms with Crippen LogP contribution in [0.5, 0.6) is 0 Å². The highest BCUT2D eigenvalue weighted by molar-refractivity contribution is 6.05.